The monoisotopic (exact) mass is 449 g/mol. The zero-order chi connectivity index (χ0) is 22.5. The minimum absolute atomic E-state index is 0.255. The SMILES string of the molecule is CCCCCOc1ccccc1C=c1sc2nc(-c3ccccc3OC(C)=O)nn2c1=O. The molecule has 4 rings (SSSR count). The Labute approximate surface area is 188 Å². The first-order chi connectivity index (χ1) is 15.6. The van der Waals surface area contributed by atoms with Crippen molar-refractivity contribution in [1.29, 1.82) is 0 Å². The Morgan fingerprint density at radius 3 is 2.59 bits per heavy atom. The number of benzene rings is 2. The van der Waals surface area contributed by atoms with E-state index in [1.165, 1.54) is 22.8 Å². The maximum atomic E-state index is 13.0. The summed E-state index contributed by atoms with van der Waals surface area (Å²) >= 11 is 1.25. The molecule has 0 fully saturated rings. The molecule has 0 aliphatic heterocycles. The number of fused-ring (bicyclic) bond motifs is 1. The lowest BCUT2D eigenvalue weighted by molar-refractivity contribution is -0.131. The normalized spacial score (nSPS) is 11.8. The van der Waals surface area contributed by atoms with E-state index < -0.39 is 5.97 Å². The van der Waals surface area contributed by atoms with Gasteiger partial charge in [0.25, 0.3) is 5.56 Å². The van der Waals surface area contributed by atoms with Crippen LogP contribution in [0.1, 0.15) is 38.7 Å². The van der Waals surface area contributed by atoms with E-state index in [1.807, 2.05) is 30.3 Å². The summed E-state index contributed by atoms with van der Waals surface area (Å²) < 4.78 is 13.0. The van der Waals surface area contributed by atoms with Gasteiger partial charge in [-0.2, -0.15) is 9.50 Å². The fraction of sp³-hybridized carbons (Fsp3) is 0.250. The van der Waals surface area contributed by atoms with E-state index in [4.69, 9.17) is 9.47 Å². The van der Waals surface area contributed by atoms with Crippen LogP contribution in [0.5, 0.6) is 11.5 Å². The third kappa shape index (κ3) is 4.70. The zero-order valence-electron chi connectivity index (χ0n) is 17.9. The van der Waals surface area contributed by atoms with Crippen molar-refractivity contribution in [2.75, 3.05) is 6.61 Å². The number of nitrogens with zero attached hydrogens (tertiary/aromatic N) is 3. The van der Waals surface area contributed by atoms with Crippen LogP contribution in [-0.2, 0) is 4.79 Å². The highest BCUT2D eigenvalue weighted by Crippen LogP contribution is 2.28. The van der Waals surface area contributed by atoms with Crippen molar-refractivity contribution in [3.05, 3.63) is 69.0 Å². The van der Waals surface area contributed by atoms with Gasteiger partial charge in [0.1, 0.15) is 11.5 Å². The van der Waals surface area contributed by atoms with Crippen molar-refractivity contribution in [1.82, 2.24) is 14.6 Å². The summed E-state index contributed by atoms with van der Waals surface area (Å²) in [7, 11) is 0. The summed E-state index contributed by atoms with van der Waals surface area (Å²) in [6, 6.07) is 14.6. The van der Waals surface area contributed by atoms with E-state index in [9.17, 15) is 9.59 Å². The predicted octanol–water partition coefficient (Wildman–Crippen LogP) is 3.86. The van der Waals surface area contributed by atoms with Crippen molar-refractivity contribution in [3.63, 3.8) is 0 Å². The van der Waals surface area contributed by atoms with Crippen LogP contribution in [0, 0.1) is 0 Å². The Morgan fingerprint density at radius 1 is 1.09 bits per heavy atom. The smallest absolute Gasteiger partial charge is 0.308 e. The number of para-hydroxylation sites is 2. The van der Waals surface area contributed by atoms with E-state index in [-0.39, 0.29) is 5.56 Å². The quantitative estimate of drug-likeness (QED) is 0.231. The molecule has 0 saturated heterocycles. The second kappa shape index (κ2) is 9.74. The average Bonchev–Trinajstić information content (AvgIpc) is 3.31. The number of aromatic nitrogens is 3. The predicted molar refractivity (Wildman–Crippen MR) is 124 cm³/mol. The molecule has 2 aromatic heterocycles. The van der Waals surface area contributed by atoms with Crippen LogP contribution < -0.4 is 19.6 Å². The van der Waals surface area contributed by atoms with E-state index in [1.54, 1.807) is 24.3 Å². The Morgan fingerprint density at radius 2 is 1.84 bits per heavy atom. The number of thiazole rings is 1. The molecule has 8 heteroatoms. The van der Waals surface area contributed by atoms with E-state index in [2.05, 4.69) is 17.0 Å². The van der Waals surface area contributed by atoms with Gasteiger partial charge < -0.3 is 9.47 Å². The molecule has 0 atom stereocenters. The van der Waals surface area contributed by atoms with Crippen molar-refractivity contribution in [2.24, 2.45) is 0 Å². The zero-order valence-corrected chi connectivity index (χ0v) is 18.7. The molecule has 2 aromatic carbocycles. The van der Waals surface area contributed by atoms with E-state index >= 15 is 0 Å². The highest BCUT2D eigenvalue weighted by atomic mass is 32.1. The van der Waals surface area contributed by atoms with Crippen LogP contribution in [-0.4, -0.2) is 27.2 Å². The van der Waals surface area contributed by atoms with Crippen LogP contribution in [0.4, 0.5) is 0 Å². The van der Waals surface area contributed by atoms with Gasteiger partial charge in [0, 0.05) is 12.5 Å². The number of esters is 1. The highest BCUT2D eigenvalue weighted by molar-refractivity contribution is 7.15. The summed E-state index contributed by atoms with van der Waals surface area (Å²) in [5, 5.41) is 4.37. The molecule has 32 heavy (non-hydrogen) atoms. The molecule has 0 N–H and O–H groups in total. The number of unbranched alkanes of at least 4 members (excludes halogenated alkanes) is 2. The van der Waals surface area contributed by atoms with Gasteiger partial charge in [-0.3, -0.25) is 9.59 Å². The number of hydrogen-bond acceptors (Lipinski definition) is 7. The minimum Gasteiger partial charge on any atom is -0.493 e. The number of rotatable bonds is 8. The molecule has 0 aliphatic carbocycles. The molecule has 0 bridgehead atoms. The van der Waals surface area contributed by atoms with Gasteiger partial charge in [-0.25, -0.2) is 0 Å². The van der Waals surface area contributed by atoms with Crippen molar-refractivity contribution in [2.45, 2.75) is 33.1 Å². The molecular formula is C24H23N3O4S. The summed E-state index contributed by atoms with van der Waals surface area (Å²) in [5.41, 5.74) is 1.13. The van der Waals surface area contributed by atoms with E-state index in [0.717, 1.165) is 30.6 Å². The Bertz CT molecular complexity index is 1360. The Hall–Kier alpha value is -3.52. The first kappa shape index (κ1) is 21.7. The fourth-order valence-corrected chi connectivity index (χ4v) is 4.15. The van der Waals surface area contributed by atoms with Gasteiger partial charge in [-0.05, 0) is 30.7 Å². The lowest BCUT2D eigenvalue weighted by Gasteiger charge is -2.08. The highest BCUT2D eigenvalue weighted by Gasteiger charge is 2.16. The lowest BCUT2D eigenvalue weighted by Crippen LogP contribution is -2.23. The second-order valence-corrected chi connectivity index (χ2v) is 8.24. The molecule has 0 unspecified atom stereocenters. The lowest BCUT2D eigenvalue weighted by atomic mass is 10.2. The first-order valence-electron chi connectivity index (χ1n) is 10.5. The van der Waals surface area contributed by atoms with E-state index in [0.29, 0.717) is 33.2 Å². The summed E-state index contributed by atoms with van der Waals surface area (Å²) in [6.07, 6.45) is 5.05. The summed E-state index contributed by atoms with van der Waals surface area (Å²) in [5.74, 6) is 0.997. The molecule has 0 saturated carbocycles. The van der Waals surface area contributed by atoms with Crippen molar-refractivity contribution < 1.29 is 14.3 Å². The third-order valence-electron chi connectivity index (χ3n) is 4.77. The average molecular weight is 450 g/mol. The molecular weight excluding hydrogens is 426 g/mol. The van der Waals surface area contributed by atoms with Gasteiger partial charge in [-0.1, -0.05) is 61.4 Å². The molecule has 2 heterocycles. The van der Waals surface area contributed by atoms with Crippen LogP contribution in [0.15, 0.2) is 53.3 Å². The largest absolute Gasteiger partial charge is 0.493 e. The fourth-order valence-electron chi connectivity index (χ4n) is 3.25. The number of carbonyl (C=O) groups excluding carboxylic acids is 1. The molecule has 0 amide bonds. The van der Waals surface area contributed by atoms with Crippen LogP contribution in [0.25, 0.3) is 22.4 Å². The Kier molecular flexibility index (Phi) is 6.61. The second-order valence-electron chi connectivity index (χ2n) is 7.23. The molecule has 7 nitrogen and oxygen atoms in total. The van der Waals surface area contributed by atoms with Crippen LogP contribution in [0.2, 0.25) is 0 Å². The summed E-state index contributed by atoms with van der Waals surface area (Å²) in [4.78, 5) is 29.3. The van der Waals surface area contributed by atoms with Crippen molar-refractivity contribution >= 4 is 28.3 Å². The number of hydrogen-bond donors (Lipinski definition) is 0. The number of ether oxygens (including phenoxy) is 2. The molecule has 4 aromatic rings. The van der Waals surface area contributed by atoms with Gasteiger partial charge in [-0.15, -0.1) is 5.10 Å². The van der Waals surface area contributed by atoms with Gasteiger partial charge in [0.05, 0.1) is 16.7 Å². The van der Waals surface area contributed by atoms with Gasteiger partial charge in [0.15, 0.2) is 5.82 Å². The standard InChI is InChI=1S/C24H23N3O4S/c1-3-4-9-14-30-19-12-7-5-10-17(19)15-21-23(29)27-24(32-21)25-22(26-27)18-11-6-8-13-20(18)31-16(2)28/h5-8,10-13,15H,3-4,9,14H2,1-2H3. The van der Waals surface area contributed by atoms with Gasteiger partial charge >= 0.3 is 5.97 Å². The van der Waals surface area contributed by atoms with Crippen molar-refractivity contribution in [3.8, 4) is 22.9 Å². The molecule has 164 valence electrons. The van der Waals surface area contributed by atoms with Gasteiger partial charge in [0.2, 0.25) is 4.96 Å². The third-order valence-corrected chi connectivity index (χ3v) is 5.73. The first-order valence-corrected chi connectivity index (χ1v) is 11.3. The van der Waals surface area contributed by atoms with Crippen LogP contribution >= 0.6 is 11.3 Å². The van der Waals surface area contributed by atoms with Crippen LogP contribution in [0.3, 0.4) is 0 Å². The molecule has 0 spiro atoms. The minimum atomic E-state index is -0.435. The number of carbonyl (C=O) groups is 1. The maximum Gasteiger partial charge on any atom is 0.308 e. The summed E-state index contributed by atoms with van der Waals surface area (Å²) in [6.45, 7) is 4.13. The molecule has 0 aliphatic rings. The maximum absolute atomic E-state index is 13.0. The Balaban J connectivity index is 1.68. The molecule has 0 radical (unpaired) electrons. The topological polar surface area (TPSA) is 82.8 Å².